The normalized spacial score (nSPS) is 14.3. The third-order valence-corrected chi connectivity index (χ3v) is 3.05. The summed E-state index contributed by atoms with van der Waals surface area (Å²) in [5, 5.41) is 11.7. The van der Waals surface area contributed by atoms with Gasteiger partial charge in [-0.2, -0.15) is 0 Å². The molecule has 0 saturated heterocycles. The number of carboxylic acids is 1. The minimum atomic E-state index is -1.03. The van der Waals surface area contributed by atoms with Crippen LogP contribution in [0.2, 0.25) is 0 Å². The van der Waals surface area contributed by atoms with Gasteiger partial charge in [0.05, 0.1) is 5.41 Å². The summed E-state index contributed by atoms with van der Waals surface area (Å²) >= 11 is 3.11. The van der Waals surface area contributed by atoms with Gasteiger partial charge in [0.15, 0.2) is 0 Å². The van der Waals surface area contributed by atoms with Crippen molar-refractivity contribution in [2.45, 2.75) is 27.2 Å². The summed E-state index contributed by atoms with van der Waals surface area (Å²) in [6, 6.07) is 0. The van der Waals surface area contributed by atoms with Crippen molar-refractivity contribution in [1.29, 1.82) is 0 Å². The van der Waals surface area contributed by atoms with E-state index in [0.29, 0.717) is 11.0 Å². The molecule has 0 spiro atoms. The minimum Gasteiger partial charge on any atom is -0.481 e. The Morgan fingerprint density at radius 2 is 2.00 bits per heavy atom. The van der Waals surface area contributed by atoms with Crippen molar-refractivity contribution in [3.8, 4) is 0 Å². The van der Waals surface area contributed by atoms with Crippen LogP contribution in [0.25, 0.3) is 0 Å². The van der Waals surface area contributed by atoms with Gasteiger partial charge in [0.1, 0.15) is 0 Å². The van der Waals surface area contributed by atoms with E-state index < -0.39 is 11.4 Å². The maximum absolute atomic E-state index is 11.5. The Morgan fingerprint density at radius 3 is 2.31 bits per heavy atom. The molecular formula is C11H18BrNO3. The van der Waals surface area contributed by atoms with E-state index in [1.54, 1.807) is 20.8 Å². The third kappa shape index (κ3) is 4.35. The summed E-state index contributed by atoms with van der Waals surface area (Å²) < 4.78 is 0.655. The topological polar surface area (TPSA) is 66.4 Å². The number of hydrogen-bond donors (Lipinski definition) is 2. The van der Waals surface area contributed by atoms with Gasteiger partial charge in [-0.3, -0.25) is 9.59 Å². The Hall–Kier alpha value is -0.840. The van der Waals surface area contributed by atoms with Crippen molar-refractivity contribution in [2.24, 2.45) is 11.3 Å². The van der Waals surface area contributed by atoms with Crippen LogP contribution in [0.4, 0.5) is 0 Å². The smallest absolute Gasteiger partial charge is 0.310 e. The first kappa shape index (κ1) is 15.2. The lowest BCUT2D eigenvalue weighted by molar-refractivity contribution is -0.153. The molecule has 0 rings (SSSR count). The van der Waals surface area contributed by atoms with Crippen LogP contribution in [-0.2, 0) is 9.59 Å². The summed E-state index contributed by atoms with van der Waals surface area (Å²) in [7, 11) is 0. The molecule has 4 nitrogen and oxygen atoms in total. The molecule has 0 fully saturated rings. The second-order valence-electron chi connectivity index (χ2n) is 4.35. The lowest BCUT2D eigenvalue weighted by Gasteiger charge is -2.28. The Bertz CT molecular complexity index is 302. The van der Waals surface area contributed by atoms with E-state index in [1.165, 1.54) is 0 Å². The maximum atomic E-state index is 11.5. The molecule has 5 heteroatoms. The summed E-state index contributed by atoms with van der Waals surface area (Å²) in [6.07, 6.45) is -0.0275. The largest absolute Gasteiger partial charge is 0.481 e. The SMILES string of the molecule is C=C(Br)CNC(=O)CC(C)(C(=O)O)C(C)C. The van der Waals surface area contributed by atoms with Gasteiger partial charge in [0.25, 0.3) is 0 Å². The molecule has 16 heavy (non-hydrogen) atoms. The number of carbonyl (C=O) groups is 2. The highest BCUT2D eigenvalue weighted by Gasteiger charge is 2.38. The van der Waals surface area contributed by atoms with Crippen molar-refractivity contribution in [3.05, 3.63) is 11.1 Å². The lowest BCUT2D eigenvalue weighted by Crippen LogP contribution is -2.39. The van der Waals surface area contributed by atoms with Crippen molar-refractivity contribution in [3.63, 3.8) is 0 Å². The number of halogens is 1. The Balaban J connectivity index is 4.48. The maximum Gasteiger partial charge on any atom is 0.310 e. The van der Waals surface area contributed by atoms with Crippen LogP contribution < -0.4 is 5.32 Å². The zero-order valence-electron chi connectivity index (χ0n) is 9.84. The first-order chi connectivity index (χ1) is 7.20. The predicted molar refractivity (Wildman–Crippen MR) is 66.3 cm³/mol. The second-order valence-corrected chi connectivity index (χ2v) is 5.47. The van der Waals surface area contributed by atoms with E-state index >= 15 is 0 Å². The van der Waals surface area contributed by atoms with Crippen molar-refractivity contribution in [1.82, 2.24) is 5.32 Å². The fourth-order valence-electron chi connectivity index (χ4n) is 1.12. The van der Waals surface area contributed by atoms with Crippen LogP contribution in [0.1, 0.15) is 27.2 Å². The van der Waals surface area contributed by atoms with Gasteiger partial charge in [0, 0.05) is 17.4 Å². The van der Waals surface area contributed by atoms with Crippen LogP contribution in [0.3, 0.4) is 0 Å². The quantitative estimate of drug-likeness (QED) is 0.788. The van der Waals surface area contributed by atoms with E-state index in [9.17, 15) is 9.59 Å². The van der Waals surface area contributed by atoms with E-state index in [1.807, 2.05) is 0 Å². The Morgan fingerprint density at radius 1 is 1.50 bits per heavy atom. The molecule has 0 aromatic heterocycles. The molecule has 0 radical (unpaired) electrons. The van der Waals surface area contributed by atoms with Crippen LogP contribution >= 0.6 is 15.9 Å². The van der Waals surface area contributed by atoms with Gasteiger partial charge in [-0.05, 0) is 12.8 Å². The Kier molecular flexibility index (Phi) is 5.72. The highest BCUT2D eigenvalue weighted by atomic mass is 79.9. The van der Waals surface area contributed by atoms with Gasteiger partial charge >= 0.3 is 5.97 Å². The van der Waals surface area contributed by atoms with Crippen LogP contribution in [0.5, 0.6) is 0 Å². The number of carbonyl (C=O) groups excluding carboxylic acids is 1. The summed E-state index contributed by atoms with van der Waals surface area (Å²) in [5.41, 5.74) is -1.03. The first-order valence-corrected chi connectivity index (χ1v) is 5.82. The summed E-state index contributed by atoms with van der Waals surface area (Å²) in [6.45, 7) is 9.07. The van der Waals surface area contributed by atoms with Gasteiger partial charge in [-0.1, -0.05) is 36.4 Å². The monoisotopic (exact) mass is 291 g/mol. The van der Waals surface area contributed by atoms with E-state index in [-0.39, 0.29) is 18.2 Å². The highest BCUT2D eigenvalue weighted by Crippen LogP contribution is 2.31. The molecule has 0 aromatic carbocycles. The van der Waals surface area contributed by atoms with Gasteiger partial charge in [-0.15, -0.1) is 0 Å². The third-order valence-electron chi connectivity index (χ3n) is 2.77. The van der Waals surface area contributed by atoms with Crippen LogP contribution in [0.15, 0.2) is 11.1 Å². The zero-order chi connectivity index (χ0) is 12.9. The molecule has 2 N–H and O–H groups in total. The standard InChI is InChI=1S/C11H18BrNO3/c1-7(2)11(4,10(15)16)5-9(14)13-6-8(3)12/h7H,3,5-6H2,1-2,4H3,(H,13,14)(H,15,16). The van der Waals surface area contributed by atoms with E-state index in [2.05, 4.69) is 27.8 Å². The fourth-order valence-corrected chi connectivity index (χ4v) is 1.26. The number of carboxylic acid groups (broad SMARTS) is 1. The number of nitrogens with one attached hydrogen (secondary N) is 1. The average Bonchev–Trinajstić information content (AvgIpc) is 2.13. The Labute approximate surface area is 104 Å². The van der Waals surface area contributed by atoms with Crippen molar-refractivity contribution in [2.75, 3.05) is 6.54 Å². The molecule has 0 saturated carbocycles. The lowest BCUT2D eigenvalue weighted by atomic mass is 9.76. The van der Waals surface area contributed by atoms with Gasteiger partial charge in [0.2, 0.25) is 5.91 Å². The van der Waals surface area contributed by atoms with Gasteiger partial charge < -0.3 is 10.4 Å². The molecule has 0 heterocycles. The molecule has 0 aliphatic heterocycles. The molecular weight excluding hydrogens is 274 g/mol. The number of hydrogen-bond acceptors (Lipinski definition) is 2. The number of aliphatic carboxylic acids is 1. The van der Waals surface area contributed by atoms with Gasteiger partial charge in [-0.25, -0.2) is 0 Å². The predicted octanol–water partition coefficient (Wildman–Crippen LogP) is 2.15. The fraction of sp³-hybridized carbons (Fsp3) is 0.636. The summed E-state index contributed by atoms with van der Waals surface area (Å²) in [5.74, 6) is -1.34. The highest BCUT2D eigenvalue weighted by molar-refractivity contribution is 9.11. The molecule has 0 aromatic rings. The molecule has 0 aliphatic rings. The molecule has 1 unspecified atom stereocenters. The van der Waals surface area contributed by atoms with Crippen molar-refractivity contribution < 1.29 is 14.7 Å². The molecule has 0 aliphatic carbocycles. The molecule has 92 valence electrons. The van der Waals surface area contributed by atoms with E-state index in [4.69, 9.17) is 5.11 Å². The first-order valence-electron chi connectivity index (χ1n) is 5.03. The summed E-state index contributed by atoms with van der Waals surface area (Å²) in [4.78, 5) is 22.7. The van der Waals surface area contributed by atoms with Crippen LogP contribution in [0, 0.1) is 11.3 Å². The van der Waals surface area contributed by atoms with Crippen molar-refractivity contribution >= 4 is 27.8 Å². The number of rotatable bonds is 6. The number of amides is 1. The average molecular weight is 292 g/mol. The van der Waals surface area contributed by atoms with Crippen LogP contribution in [-0.4, -0.2) is 23.5 Å². The second kappa shape index (κ2) is 6.03. The minimum absolute atomic E-state index is 0.0275. The van der Waals surface area contributed by atoms with E-state index in [0.717, 1.165) is 0 Å². The molecule has 1 amide bonds. The zero-order valence-corrected chi connectivity index (χ0v) is 11.4. The molecule has 1 atom stereocenters. The molecule has 0 bridgehead atoms.